The molecule has 1 heterocycles. The Balaban J connectivity index is 1.60. The molecule has 0 amide bonds. The van der Waals surface area contributed by atoms with Crippen LogP contribution in [0.3, 0.4) is 0 Å². The second-order valence-electron chi connectivity index (χ2n) is 11.7. The molecule has 0 fully saturated rings. The first-order valence-electron chi connectivity index (χ1n) is 14.3. The SMILES string of the molecule is CCc1cc2cc3ccc4ccc5ccc6cc7c(C8=NN=CCS8)c(N)c8ccc1c1c2c2c3c4c5c6c2c7c81. The van der Waals surface area contributed by atoms with Crippen molar-refractivity contribution in [3.8, 4) is 0 Å². The summed E-state index contributed by atoms with van der Waals surface area (Å²) in [5, 5.41) is 33.8. The number of nitrogens with two attached hydrogens (primary N) is 1. The first-order chi connectivity index (χ1) is 20.2. The van der Waals surface area contributed by atoms with Gasteiger partial charge in [-0.2, -0.15) is 5.10 Å². The van der Waals surface area contributed by atoms with Crippen LogP contribution in [0.2, 0.25) is 0 Å². The maximum Gasteiger partial charge on any atom is 0.129 e. The Morgan fingerprint density at radius 1 is 0.610 bits per heavy atom. The van der Waals surface area contributed by atoms with Crippen LogP contribution in [0.5, 0.6) is 0 Å². The van der Waals surface area contributed by atoms with E-state index in [0.29, 0.717) is 0 Å². The maximum absolute atomic E-state index is 7.18. The van der Waals surface area contributed by atoms with Crippen molar-refractivity contribution in [2.75, 3.05) is 11.5 Å². The molecule has 0 radical (unpaired) electrons. The minimum Gasteiger partial charge on any atom is -0.398 e. The molecule has 0 saturated heterocycles. The van der Waals surface area contributed by atoms with Gasteiger partial charge in [0.1, 0.15) is 5.04 Å². The van der Waals surface area contributed by atoms with Crippen LogP contribution in [0.15, 0.2) is 76.9 Å². The van der Waals surface area contributed by atoms with E-state index in [0.717, 1.165) is 33.9 Å². The van der Waals surface area contributed by atoms with E-state index in [1.807, 2.05) is 6.21 Å². The second kappa shape index (κ2) is 6.79. The molecule has 0 spiro atoms. The van der Waals surface area contributed by atoms with Crippen LogP contribution in [0, 0.1) is 0 Å². The van der Waals surface area contributed by atoms with E-state index in [1.165, 1.54) is 97.1 Å². The third-order valence-corrected chi connectivity index (χ3v) is 10.9. The fraction of sp³-hybridized carbons (Fsp3) is 0.0811. The van der Waals surface area contributed by atoms with Gasteiger partial charge in [-0.3, -0.25) is 0 Å². The van der Waals surface area contributed by atoms with Crippen molar-refractivity contribution < 1.29 is 0 Å². The summed E-state index contributed by atoms with van der Waals surface area (Å²) in [4.78, 5) is 0. The molecule has 10 aromatic carbocycles. The number of hydrogen-bond acceptors (Lipinski definition) is 4. The fourth-order valence-corrected chi connectivity index (χ4v) is 9.23. The van der Waals surface area contributed by atoms with E-state index in [9.17, 15) is 0 Å². The molecular weight excluding hydrogens is 518 g/mol. The van der Waals surface area contributed by atoms with Gasteiger partial charge in [0.05, 0.1) is 5.69 Å². The lowest BCUT2D eigenvalue weighted by Gasteiger charge is -2.27. The summed E-state index contributed by atoms with van der Waals surface area (Å²) in [5.41, 5.74) is 10.4. The van der Waals surface area contributed by atoms with Crippen molar-refractivity contribution in [2.45, 2.75) is 13.3 Å². The first-order valence-corrected chi connectivity index (χ1v) is 15.3. The van der Waals surface area contributed by atoms with Gasteiger partial charge in [0.2, 0.25) is 0 Å². The number of thioether (sulfide) groups is 1. The summed E-state index contributed by atoms with van der Waals surface area (Å²) < 4.78 is 0. The van der Waals surface area contributed by atoms with Crippen LogP contribution in [0.25, 0.3) is 97.0 Å². The van der Waals surface area contributed by atoms with Gasteiger partial charge in [-0.1, -0.05) is 73.3 Å². The van der Waals surface area contributed by atoms with E-state index in [-0.39, 0.29) is 0 Å². The van der Waals surface area contributed by atoms with Gasteiger partial charge < -0.3 is 5.73 Å². The van der Waals surface area contributed by atoms with Crippen LogP contribution in [-0.2, 0) is 6.42 Å². The monoisotopic (exact) mass is 539 g/mol. The molecule has 0 atom stereocenters. The average molecular weight is 540 g/mol. The van der Waals surface area contributed by atoms with E-state index in [2.05, 4.69) is 83.9 Å². The van der Waals surface area contributed by atoms with Crippen molar-refractivity contribution in [1.82, 2.24) is 0 Å². The number of rotatable bonds is 2. The predicted molar refractivity (Wildman–Crippen MR) is 181 cm³/mol. The second-order valence-corrected chi connectivity index (χ2v) is 12.7. The molecule has 0 saturated carbocycles. The number of nitrogens with zero attached hydrogens (tertiary/aromatic N) is 2. The molecule has 1 aliphatic rings. The van der Waals surface area contributed by atoms with Gasteiger partial charge in [-0.25, -0.2) is 0 Å². The summed E-state index contributed by atoms with van der Waals surface area (Å²) in [5.74, 6) is 0.801. The highest BCUT2D eigenvalue weighted by atomic mass is 32.2. The van der Waals surface area contributed by atoms with Crippen LogP contribution in [0.4, 0.5) is 5.69 Å². The number of nitrogen functional groups attached to an aromatic ring is 1. The largest absolute Gasteiger partial charge is 0.398 e. The van der Waals surface area contributed by atoms with Crippen molar-refractivity contribution >= 4 is 126 Å². The lowest BCUT2D eigenvalue weighted by atomic mass is 9.76. The highest BCUT2D eigenvalue weighted by Crippen LogP contribution is 2.56. The molecule has 0 aliphatic carbocycles. The Kier molecular flexibility index (Phi) is 3.50. The number of hydrogen-bond donors (Lipinski definition) is 1. The van der Waals surface area contributed by atoms with Crippen LogP contribution in [0.1, 0.15) is 18.1 Å². The van der Waals surface area contributed by atoms with Gasteiger partial charge in [0.25, 0.3) is 0 Å². The highest BCUT2D eigenvalue weighted by Gasteiger charge is 2.29. The predicted octanol–water partition coefficient (Wildman–Crippen LogP) is 9.88. The van der Waals surface area contributed by atoms with E-state index in [4.69, 9.17) is 5.73 Å². The average Bonchev–Trinajstić information content (AvgIpc) is 3.02. The lowest BCUT2D eigenvalue weighted by molar-refractivity contribution is 1.16. The zero-order chi connectivity index (χ0) is 26.7. The molecule has 0 aromatic heterocycles. The molecular formula is C37H21N3S. The van der Waals surface area contributed by atoms with Crippen molar-refractivity contribution in [2.24, 2.45) is 10.2 Å². The Morgan fingerprint density at radius 2 is 1.20 bits per heavy atom. The third-order valence-electron chi connectivity index (χ3n) is 9.98. The Hall–Kier alpha value is -4.67. The quantitative estimate of drug-likeness (QED) is 0.135. The normalized spacial score (nSPS) is 15.0. The van der Waals surface area contributed by atoms with Gasteiger partial charge in [0.15, 0.2) is 0 Å². The molecule has 3 nitrogen and oxygen atoms in total. The van der Waals surface area contributed by atoms with Gasteiger partial charge in [-0.15, -0.1) is 5.10 Å². The van der Waals surface area contributed by atoms with E-state index in [1.54, 1.807) is 11.8 Å². The first kappa shape index (κ1) is 21.1. The van der Waals surface area contributed by atoms with Crippen LogP contribution < -0.4 is 5.73 Å². The number of aryl methyl sites for hydroxylation is 1. The molecule has 190 valence electrons. The van der Waals surface area contributed by atoms with Gasteiger partial charge in [-0.05, 0) is 110 Å². The lowest BCUT2D eigenvalue weighted by Crippen LogP contribution is -2.08. The molecule has 1 aliphatic heterocycles. The molecule has 10 aromatic rings. The smallest absolute Gasteiger partial charge is 0.129 e. The number of anilines is 1. The topological polar surface area (TPSA) is 50.7 Å². The fourth-order valence-electron chi connectivity index (χ4n) is 8.46. The summed E-state index contributed by atoms with van der Waals surface area (Å²) in [7, 11) is 0. The van der Waals surface area contributed by atoms with Crippen LogP contribution in [-0.4, -0.2) is 17.0 Å². The summed E-state index contributed by atoms with van der Waals surface area (Å²) >= 11 is 1.72. The molecule has 11 rings (SSSR count). The van der Waals surface area contributed by atoms with Gasteiger partial charge >= 0.3 is 0 Å². The minimum atomic E-state index is 0.801. The summed E-state index contributed by atoms with van der Waals surface area (Å²) in [6.07, 6.45) is 2.86. The number of benzene rings is 10. The molecule has 0 unspecified atom stereocenters. The minimum absolute atomic E-state index is 0.801. The molecule has 2 N–H and O–H groups in total. The Labute approximate surface area is 238 Å². The zero-order valence-corrected chi connectivity index (χ0v) is 23.0. The standard InChI is InChI=1S/C37H21N3S/c1-2-16-13-21-14-19-7-5-17-3-4-18-6-8-20-15-24-32-31-23(36(38)33(24)37-40-39-11-12-41-37)10-9-22(16)30(31)29(21)34-27(19)25(17)26(18)28(20)35(32)34/h3-11,13-15H,2,12,38H2,1H3. The van der Waals surface area contributed by atoms with Gasteiger partial charge in [0, 0.05) is 28.3 Å². The Bertz CT molecular complexity index is 2790. The summed E-state index contributed by atoms with van der Waals surface area (Å²) in [6.45, 7) is 2.27. The third kappa shape index (κ3) is 2.21. The van der Waals surface area contributed by atoms with E-state index >= 15 is 0 Å². The van der Waals surface area contributed by atoms with Crippen molar-refractivity contribution in [3.05, 3.63) is 77.9 Å². The molecule has 0 bridgehead atoms. The molecule has 4 heteroatoms. The maximum atomic E-state index is 7.18. The zero-order valence-electron chi connectivity index (χ0n) is 22.2. The molecule has 41 heavy (non-hydrogen) atoms. The summed E-state index contributed by atoms with van der Waals surface area (Å²) in [6, 6.07) is 25.7. The highest BCUT2D eigenvalue weighted by molar-refractivity contribution is 8.15. The van der Waals surface area contributed by atoms with E-state index < -0.39 is 0 Å². The Morgan fingerprint density at radius 3 is 1.90 bits per heavy atom. The van der Waals surface area contributed by atoms with Crippen molar-refractivity contribution in [1.29, 1.82) is 0 Å². The van der Waals surface area contributed by atoms with Crippen molar-refractivity contribution in [3.63, 3.8) is 0 Å². The van der Waals surface area contributed by atoms with Crippen LogP contribution >= 0.6 is 11.8 Å².